The molecule has 1 aromatic carbocycles. The number of hydrogen-bond donors (Lipinski definition) is 3. The summed E-state index contributed by atoms with van der Waals surface area (Å²) in [7, 11) is 1.93. The Hall–Kier alpha value is -1.50. The van der Waals surface area contributed by atoms with Crippen LogP contribution in [0.3, 0.4) is 0 Å². The summed E-state index contributed by atoms with van der Waals surface area (Å²) >= 11 is 5.67. The number of carbonyl (C=O) groups is 1. The molecule has 1 spiro atoms. The second-order valence-corrected chi connectivity index (χ2v) is 8.09. The first-order valence-electron chi connectivity index (χ1n) is 10.1. The standard InChI is InChI=1S/C19H23ClN2O4/c1-22-7-6-18-15-10-2-3-12(23)16(15)26-17(18)11(21-14(24)9-20)4-5-19(18,25)13(22)8-10/h2-3,11,13,17,23,25H,4-9H2,1H3,(H,21,24)/t11-,13-,17+,18+,19-/m1/s1/i4T,5T/t4?,5?,11-,13-,17+,18+,19-. The number of alkyl halides is 1. The van der Waals surface area contributed by atoms with Gasteiger partial charge in [-0.1, -0.05) is 6.07 Å². The number of likely N-dealkylation sites (N-methyl/N-ethyl adjacent to an activating group) is 1. The largest absolute Gasteiger partial charge is 0.504 e. The van der Waals surface area contributed by atoms with E-state index in [2.05, 4.69) is 10.2 Å². The van der Waals surface area contributed by atoms with E-state index in [0.717, 1.165) is 11.1 Å². The predicted octanol–water partition coefficient (Wildman–Crippen LogP) is 0.900. The molecule has 2 bridgehead atoms. The third-order valence-corrected chi connectivity index (χ3v) is 7.00. The number of nitrogens with one attached hydrogen (secondary N) is 1. The molecule has 1 saturated carbocycles. The zero-order chi connectivity index (χ0) is 20.0. The van der Waals surface area contributed by atoms with Gasteiger partial charge in [-0.2, -0.15) is 0 Å². The van der Waals surface area contributed by atoms with Gasteiger partial charge in [0.1, 0.15) is 12.0 Å². The highest BCUT2D eigenvalue weighted by Crippen LogP contribution is 2.65. The van der Waals surface area contributed by atoms with Crippen molar-refractivity contribution in [3.8, 4) is 11.5 Å². The number of halogens is 1. The van der Waals surface area contributed by atoms with Crippen LogP contribution in [0.5, 0.6) is 11.5 Å². The van der Waals surface area contributed by atoms with E-state index in [1.54, 1.807) is 6.07 Å². The van der Waals surface area contributed by atoms with Gasteiger partial charge >= 0.3 is 0 Å². The Labute approximate surface area is 159 Å². The van der Waals surface area contributed by atoms with E-state index in [0.29, 0.717) is 25.1 Å². The molecule has 3 N–H and O–H groups in total. The lowest BCUT2D eigenvalue weighted by atomic mass is 9.48. The normalized spacial score (nSPS) is 46.7. The Morgan fingerprint density at radius 3 is 3.15 bits per heavy atom. The van der Waals surface area contributed by atoms with Crippen LogP contribution in [-0.2, 0) is 16.6 Å². The highest BCUT2D eigenvalue weighted by molar-refractivity contribution is 6.27. The molecule has 1 amide bonds. The second-order valence-electron chi connectivity index (χ2n) is 7.82. The minimum atomic E-state index is -1.52. The van der Waals surface area contributed by atoms with Gasteiger partial charge in [-0.25, -0.2) is 0 Å². The number of likely N-dealkylation sites (tertiary alicyclic amines) is 1. The molecule has 2 fully saturated rings. The molecule has 2 unspecified atom stereocenters. The average molecular weight is 383 g/mol. The summed E-state index contributed by atoms with van der Waals surface area (Å²) < 4.78 is 23.7. The van der Waals surface area contributed by atoms with Crippen molar-refractivity contribution in [2.75, 3.05) is 19.5 Å². The molecular formula is C19H23ClN2O4. The van der Waals surface area contributed by atoms with Crippen LogP contribution in [-0.4, -0.2) is 64.3 Å². The van der Waals surface area contributed by atoms with Gasteiger partial charge in [0.25, 0.3) is 0 Å². The lowest BCUT2D eigenvalue weighted by Crippen LogP contribution is -2.77. The molecule has 5 rings (SSSR count). The molecular weight excluding hydrogens is 356 g/mol. The number of carbonyl (C=O) groups excluding carboxylic acids is 1. The van der Waals surface area contributed by atoms with E-state index in [4.69, 9.17) is 19.1 Å². The van der Waals surface area contributed by atoms with Crippen LogP contribution in [0.15, 0.2) is 12.1 Å². The van der Waals surface area contributed by atoms with Gasteiger partial charge in [0.05, 0.1) is 17.1 Å². The number of amides is 1. The molecule has 7 heteroatoms. The van der Waals surface area contributed by atoms with Gasteiger partial charge in [0.15, 0.2) is 11.5 Å². The number of phenols is 1. The highest BCUT2D eigenvalue weighted by atomic mass is 35.5. The molecule has 2 aliphatic carbocycles. The van der Waals surface area contributed by atoms with E-state index in [-0.39, 0.29) is 17.7 Å². The fourth-order valence-electron chi connectivity index (χ4n) is 5.66. The minimum absolute atomic E-state index is 0.0206. The number of phenolic OH excluding ortho intramolecular Hbond substituents is 1. The molecule has 1 saturated heterocycles. The van der Waals surface area contributed by atoms with Crippen LogP contribution < -0.4 is 10.1 Å². The van der Waals surface area contributed by atoms with Crippen molar-refractivity contribution < 1.29 is 22.5 Å². The summed E-state index contributed by atoms with van der Waals surface area (Å²) in [5, 5.41) is 25.3. The molecule has 4 aliphatic rings. The van der Waals surface area contributed by atoms with Crippen molar-refractivity contribution in [3.05, 3.63) is 23.3 Å². The first-order chi connectivity index (χ1) is 13.3. The number of aliphatic hydroxyl groups is 1. The summed E-state index contributed by atoms with van der Waals surface area (Å²) in [6.07, 6.45) is -1.95. The quantitative estimate of drug-likeness (QED) is 0.662. The van der Waals surface area contributed by atoms with Gasteiger partial charge in [-0.3, -0.25) is 4.79 Å². The molecule has 6 nitrogen and oxygen atoms in total. The van der Waals surface area contributed by atoms with Gasteiger partial charge < -0.3 is 25.2 Å². The minimum Gasteiger partial charge on any atom is -0.504 e. The lowest BCUT2D eigenvalue weighted by molar-refractivity contribution is -0.187. The monoisotopic (exact) mass is 382 g/mol. The van der Waals surface area contributed by atoms with E-state index in [9.17, 15) is 15.0 Å². The molecule has 140 valence electrons. The van der Waals surface area contributed by atoms with Crippen molar-refractivity contribution in [1.82, 2.24) is 10.2 Å². The Kier molecular flexibility index (Phi) is 2.95. The Bertz CT molecular complexity index is 873. The van der Waals surface area contributed by atoms with Crippen LogP contribution in [0, 0.1) is 0 Å². The summed E-state index contributed by atoms with van der Waals surface area (Å²) in [6, 6.07) is 2.29. The van der Waals surface area contributed by atoms with Crippen molar-refractivity contribution in [2.45, 2.75) is 54.8 Å². The van der Waals surface area contributed by atoms with E-state index < -0.39 is 41.9 Å². The van der Waals surface area contributed by atoms with Gasteiger partial charge in [0.2, 0.25) is 5.91 Å². The van der Waals surface area contributed by atoms with E-state index >= 15 is 0 Å². The van der Waals surface area contributed by atoms with Crippen molar-refractivity contribution in [2.24, 2.45) is 0 Å². The molecule has 2 heterocycles. The van der Waals surface area contributed by atoms with E-state index in [1.807, 2.05) is 13.1 Å². The number of piperidine rings is 1. The smallest absolute Gasteiger partial charge is 0.235 e. The number of hydrogen-bond acceptors (Lipinski definition) is 5. The van der Waals surface area contributed by atoms with Crippen LogP contribution in [0.4, 0.5) is 0 Å². The summed E-state index contributed by atoms with van der Waals surface area (Å²) in [5.74, 6) is -0.407. The zero-order valence-electron chi connectivity index (χ0n) is 16.4. The predicted molar refractivity (Wildman–Crippen MR) is 95.8 cm³/mol. The Morgan fingerprint density at radius 1 is 1.58 bits per heavy atom. The van der Waals surface area contributed by atoms with Crippen molar-refractivity contribution in [3.63, 3.8) is 0 Å². The number of benzene rings is 1. The maximum Gasteiger partial charge on any atom is 0.235 e. The first kappa shape index (κ1) is 14.5. The third-order valence-electron chi connectivity index (χ3n) is 6.76. The molecule has 26 heavy (non-hydrogen) atoms. The van der Waals surface area contributed by atoms with Crippen molar-refractivity contribution >= 4 is 17.5 Å². The first-order valence-corrected chi connectivity index (χ1v) is 9.45. The second kappa shape index (κ2) is 5.27. The summed E-state index contributed by atoms with van der Waals surface area (Å²) in [4.78, 5) is 14.1. The van der Waals surface area contributed by atoms with E-state index in [1.165, 1.54) is 0 Å². The number of ether oxygens (including phenoxy) is 1. The lowest BCUT2D eigenvalue weighted by Gasteiger charge is -2.63. The maximum absolute atomic E-state index is 12.1. The Balaban J connectivity index is 1.77. The Morgan fingerprint density at radius 2 is 2.38 bits per heavy atom. The number of rotatable bonds is 2. The van der Waals surface area contributed by atoms with Gasteiger partial charge in [0, 0.05) is 14.3 Å². The average Bonchev–Trinajstić information content (AvgIpc) is 3.03. The number of nitrogens with zero attached hydrogens (tertiary/aromatic N) is 1. The zero-order valence-corrected chi connectivity index (χ0v) is 15.2. The summed E-state index contributed by atoms with van der Waals surface area (Å²) in [6.45, 7) is 0.687. The van der Waals surface area contributed by atoms with Crippen LogP contribution >= 0.6 is 11.6 Å². The molecule has 0 aromatic heterocycles. The molecule has 2 aliphatic heterocycles. The molecule has 7 atom stereocenters. The third kappa shape index (κ3) is 1.78. The fraction of sp³-hybridized carbons (Fsp3) is 0.632. The van der Waals surface area contributed by atoms with Crippen LogP contribution in [0.2, 0.25) is 0 Å². The highest BCUT2D eigenvalue weighted by Gasteiger charge is 2.72. The SMILES string of the molecule is [3H]C1C([3H])[C@@]2(O)[C@H]3Cc4ccc(O)c5c4[C@@]2(CCN3C)[C@@H](O5)[C@@H]1NC(=O)CCl. The maximum atomic E-state index is 12.1. The van der Waals surface area contributed by atoms with Crippen molar-refractivity contribution in [1.29, 1.82) is 0 Å². The van der Waals surface area contributed by atoms with Gasteiger partial charge in [-0.05, 0) is 50.9 Å². The molecule has 0 radical (unpaired) electrons. The van der Waals surface area contributed by atoms with Crippen LogP contribution in [0.25, 0.3) is 0 Å². The molecule has 1 aromatic rings. The fourth-order valence-corrected chi connectivity index (χ4v) is 5.73. The topological polar surface area (TPSA) is 82.0 Å². The van der Waals surface area contributed by atoms with Gasteiger partial charge in [-0.15, -0.1) is 11.6 Å². The number of aromatic hydroxyl groups is 1. The summed E-state index contributed by atoms with van der Waals surface area (Å²) in [5.41, 5.74) is -0.751. The van der Waals surface area contributed by atoms with Crippen LogP contribution in [0.1, 0.15) is 33.1 Å².